The Kier molecular flexibility index (Phi) is 10.0. The molecule has 5 rings (SSSR count). The Hall–Kier alpha value is -3.95. The third kappa shape index (κ3) is 6.90. The molecule has 2 aromatic heterocycles. The highest BCUT2D eigenvalue weighted by Crippen LogP contribution is 2.38. The van der Waals surface area contributed by atoms with E-state index in [4.69, 9.17) is 32.9 Å². The van der Waals surface area contributed by atoms with Crippen LogP contribution in [0.1, 0.15) is 48.1 Å². The minimum absolute atomic E-state index is 0.0780. The van der Waals surface area contributed by atoms with Gasteiger partial charge < -0.3 is 48.1 Å². The Morgan fingerprint density at radius 3 is 2.59 bits per heavy atom. The molecule has 0 unspecified atom stereocenters. The fourth-order valence-corrected chi connectivity index (χ4v) is 5.74. The normalized spacial score (nSPS) is 23.8. The number of aromatic nitrogens is 1. The van der Waals surface area contributed by atoms with E-state index in [9.17, 15) is 19.8 Å². The van der Waals surface area contributed by atoms with Gasteiger partial charge in [0.25, 0.3) is 0 Å². The van der Waals surface area contributed by atoms with Gasteiger partial charge in [-0.3, -0.25) is 4.90 Å². The van der Waals surface area contributed by atoms with Crippen molar-refractivity contribution in [3.63, 3.8) is 0 Å². The number of carbonyl (C=O) groups excluding carboxylic acids is 1. The van der Waals surface area contributed by atoms with Crippen LogP contribution in [0.4, 0.5) is 0 Å². The molecule has 0 bridgehead atoms. The first-order valence-corrected chi connectivity index (χ1v) is 15.1. The molecule has 4 heterocycles. The van der Waals surface area contributed by atoms with Crippen molar-refractivity contribution in [3.8, 4) is 11.5 Å². The number of rotatable bonds is 10. The van der Waals surface area contributed by atoms with Crippen molar-refractivity contribution in [1.29, 1.82) is 0 Å². The summed E-state index contributed by atoms with van der Waals surface area (Å²) in [5.74, 6) is -0.782. The summed E-state index contributed by atoms with van der Waals surface area (Å²) in [7, 11) is 1.43. The molecule has 14 nitrogen and oxygen atoms in total. The highest BCUT2D eigenvalue weighted by atomic mass is 16.7. The Labute approximate surface area is 265 Å². The first-order chi connectivity index (χ1) is 21.9. The predicted octanol–water partition coefficient (Wildman–Crippen LogP) is 2.63. The van der Waals surface area contributed by atoms with Crippen molar-refractivity contribution in [3.05, 3.63) is 57.2 Å². The van der Waals surface area contributed by atoms with Gasteiger partial charge in [-0.1, -0.05) is 5.16 Å². The number of nitrogens with zero attached hydrogens (tertiary/aromatic N) is 2. The smallest absolute Gasteiger partial charge is 0.355 e. The van der Waals surface area contributed by atoms with E-state index >= 15 is 0 Å². The summed E-state index contributed by atoms with van der Waals surface area (Å²) in [6.45, 7) is 12.4. The molecule has 3 N–H and O–H groups in total. The first kappa shape index (κ1) is 33.4. The zero-order valence-electron chi connectivity index (χ0n) is 26.8. The van der Waals surface area contributed by atoms with E-state index in [-0.39, 0.29) is 39.4 Å². The van der Waals surface area contributed by atoms with Crippen molar-refractivity contribution >= 4 is 22.7 Å². The van der Waals surface area contributed by atoms with E-state index in [1.807, 2.05) is 0 Å². The largest absolute Gasteiger partial charge is 0.506 e. The Bertz CT molecular complexity index is 1640. The molecule has 0 spiro atoms. The van der Waals surface area contributed by atoms with Crippen LogP contribution in [0.3, 0.4) is 0 Å². The number of morpholine rings is 1. The lowest BCUT2D eigenvalue weighted by Gasteiger charge is -2.47. The van der Waals surface area contributed by atoms with Gasteiger partial charge in [-0.25, -0.2) is 9.59 Å². The number of esters is 1. The molecule has 2 fully saturated rings. The van der Waals surface area contributed by atoms with Gasteiger partial charge >= 0.3 is 11.6 Å². The van der Waals surface area contributed by atoms with E-state index in [0.717, 1.165) is 18.8 Å². The number of methoxy groups -OCH3 is 1. The number of aryl methyl sites for hydroxylation is 2. The molecule has 3 aromatic rings. The minimum Gasteiger partial charge on any atom is -0.506 e. The first-order valence-electron chi connectivity index (χ1n) is 15.1. The van der Waals surface area contributed by atoms with Crippen LogP contribution in [-0.4, -0.2) is 109 Å². The number of benzene rings is 1. The second-order valence-corrected chi connectivity index (χ2v) is 11.9. The van der Waals surface area contributed by atoms with Crippen molar-refractivity contribution < 1.29 is 47.9 Å². The van der Waals surface area contributed by atoms with Crippen LogP contribution in [0, 0.1) is 13.8 Å². The summed E-state index contributed by atoms with van der Waals surface area (Å²) < 4.78 is 34.5. The van der Waals surface area contributed by atoms with E-state index in [1.54, 1.807) is 52.8 Å². The number of fused-ring (bicyclic) bond motifs is 1. The average Bonchev–Trinajstić information content (AvgIpc) is 3.46. The summed E-state index contributed by atoms with van der Waals surface area (Å²) in [6.07, 6.45) is -4.75. The van der Waals surface area contributed by atoms with Crippen molar-refractivity contribution in [2.75, 3.05) is 46.6 Å². The number of hydrogen-bond donors (Lipinski definition) is 3. The second-order valence-electron chi connectivity index (χ2n) is 11.9. The van der Waals surface area contributed by atoms with Crippen molar-refractivity contribution in [1.82, 2.24) is 9.88 Å². The molecule has 0 aliphatic carbocycles. The Balaban J connectivity index is 1.35. The standard InChI is InChI=1S/C32H41N3O11/c1-17-7-9-21(33-17)29(38)45-27-25(37)31(46-32(4,5)28(27)40-6)43-22-10-8-20-24(36)23(30(39)44-26(20)18(22)2)19(3)34-42-16-13-35-11-14-41-15-12-35/h7-10,25,27-28,31,33,36-37H,11-16H2,1-6H3/b34-19+/t25-,27+,28-,31-/m1/s1. The summed E-state index contributed by atoms with van der Waals surface area (Å²) in [4.78, 5) is 36.5. The molecule has 0 radical (unpaired) electrons. The SMILES string of the molecule is CO[C@@H]1[C@@H](OC(=O)c2ccc(C)[nH]2)[C@@H](O)[C@H](Oc2ccc3c(O)c(/C(C)=N/OCCN4CCOCC4)c(=O)oc3c2C)OC1(C)C. The lowest BCUT2D eigenvalue weighted by atomic mass is 9.89. The monoisotopic (exact) mass is 643 g/mol. The van der Waals surface area contributed by atoms with Gasteiger partial charge in [0.1, 0.15) is 41.1 Å². The van der Waals surface area contributed by atoms with Gasteiger partial charge in [-0.05, 0) is 58.9 Å². The van der Waals surface area contributed by atoms with E-state index in [0.29, 0.717) is 31.9 Å². The second kappa shape index (κ2) is 13.8. The van der Waals surface area contributed by atoms with Crippen LogP contribution in [0.25, 0.3) is 11.0 Å². The Morgan fingerprint density at radius 1 is 1.17 bits per heavy atom. The van der Waals surface area contributed by atoms with Gasteiger partial charge in [-0.2, -0.15) is 0 Å². The van der Waals surface area contributed by atoms with Crippen LogP contribution >= 0.6 is 0 Å². The number of ether oxygens (including phenoxy) is 5. The van der Waals surface area contributed by atoms with Crippen LogP contribution in [0.5, 0.6) is 11.5 Å². The van der Waals surface area contributed by atoms with Crippen molar-refractivity contribution in [2.45, 2.75) is 64.8 Å². The van der Waals surface area contributed by atoms with Crippen LogP contribution in [0.2, 0.25) is 0 Å². The highest BCUT2D eigenvalue weighted by molar-refractivity contribution is 6.04. The number of nitrogens with one attached hydrogen (secondary N) is 1. The van der Waals surface area contributed by atoms with Crippen LogP contribution in [-0.2, 0) is 23.8 Å². The lowest BCUT2D eigenvalue weighted by molar-refractivity contribution is -0.305. The molecule has 250 valence electrons. The number of aromatic hydroxyl groups is 1. The molecular formula is C32H41N3O11. The number of oxime groups is 1. The average molecular weight is 644 g/mol. The third-order valence-corrected chi connectivity index (χ3v) is 8.22. The zero-order chi connectivity index (χ0) is 33.2. The van der Waals surface area contributed by atoms with Gasteiger partial charge in [0.05, 0.1) is 29.9 Å². The lowest BCUT2D eigenvalue weighted by Crippen LogP contribution is -2.65. The van der Waals surface area contributed by atoms with Gasteiger partial charge in [0.15, 0.2) is 12.2 Å². The maximum atomic E-state index is 13.0. The summed E-state index contributed by atoms with van der Waals surface area (Å²) in [5, 5.41) is 26.7. The molecule has 4 atom stereocenters. The topological polar surface area (TPSA) is 175 Å². The molecule has 0 saturated carbocycles. The van der Waals surface area contributed by atoms with Gasteiger partial charge in [-0.15, -0.1) is 0 Å². The molecule has 0 amide bonds. The van der Waals surface area contributed by atoms with Crippen molar-refractivity contribution in [2.24, 2.45) is 5.16 Å². The number of hydrogen-bond acceptors (Lipinski definition) is 13. The fourth-order valence-electron chi connectivity index (χ4n) is 5.74. The Morgan fingerprint density at radius 2 is 1.91 bits per heavy atom. The number of aliphatic hydroxyl groups is 1. The van der Waals surface area contributed by atoms with E-state index < -0.39 is 41.8 Å². The zero-order valence-corrected chi connectivity index (χ0v) is 26.8. The molecular weight excluding hydrogens is 602 g/mol. The molecule has 14 heteroatoms. The number of H-pyrrole nitrogens is 1. The number of aromatic amines is 1. The summed E-state index contributed by atoms with van der Waals surface area (Å²) in [6, 6.07) is 6.40. The molecule has 2 saturated heterocycles. The maximum Gasteiger partial charge on any atom is 0.355 e. The predicted molar refractivity (Wildman–Crippen MR) is 165 cm³/mol. The summed E-state index contributed by atoms with van der Waals surface area (Å²) in [5.41, 5.74) is -0.380. The highest BCUT2D eigenvalue weighted by Gasteiger charge is 2.53. The molecule has 2 aliphatic heterocycles. The quantitative estimate of drug-likeness (QED) is 0.0970. The number of carbonyl (C=O) groups is 1. The van der Waals surface area contributed by atoms with Gasteiger partial charge in [0.2, 0.25) is 6.29 Å². The molecule has 46 heavy (non-hydrogen) atoms. The third-order valence-electron chi connectivity index (χ3n) is 8.22. The van der Waals surface area contributed by atoms with Gasteiger partial charge in [0, 0.05) is 38.0 Å². The maximum absolute atomic E-state index is 13.0. The number of aliphatic hydroxyl groups excluding tert-OH is 1. The van der Waals surface area contributed by atoms with E-state index in [1.165, 1.54) is 13.2 Å². The molecule has 2 aliphatic rings. The van der Waals surface area contributed by atoms with E-state index in [2.05, 4.69) is 15.0 Å². The molecule has 1 aromatic carbocycles. The minimum atomic E-state index is -1.46. The fraction of sp³-hybridized carbons (Fsp3) is 0.531. The summed E-state index contributed by atoms with van der Waals surface area (Å²) >= 11 is 0. The van der Waals surface area contributed by atoms with Crippen LogP contribution in [0.15, 0.2) is 38.6 Å². The van der Waals surface area contributed by atoms with Crippen LogP contribution < -0.4 is 10.4 Å².